The van der Waals surface area contributed by atoms with Gasteiger partial charge in [-0.1, -0.05) is 13.8 Å². The van der Waals surface area contributed by atoms with E-state index in [1.165, 1.54) is 14.2 Å². The smallest absolute Gasteiger partial charge is 0.306 e. The number of carbonyl (C=O) groups is 1. The number of hydrogen-bond acceptors (Lipinski definition) is 5. The molecular formula is C10H22N2O5S. The molecule has 0 aromatic rings. The minimum Gasteiger partial charge on any atom is -0.469 e. The summed E-state index contributed by atoms with van der Waals surface area (Å²) in [4.78, 5) is 10.9. The maximum atomic E-state index is 11.9. The molecule has 108 valence electrons. The minimum absolute atomic E-state index is 0.0145. The second-order valence-corrected chi connectivity index (χ2v) is 6.11. The molecule has 0 aromatic heterocycles. The Morgan fingerprint density at radius 3 is 2.39 bits per heavy atom. The molecule has 0 aliphatic heterocycles. The Morgan fingerprint density at radius 2 is 2.00 bits per heavy atom. The summed E-state index contributed by atoms with van der Waals surface area (Å²) < 4.78 is 31.5. The molecule has 0 bridgehead atoms. The number of aliphatic hydroxyl groups is 1. The van der Waals surface area contributed by atoms with Crippen LogP contribution in [0.15, 0.2) is 0 Å². The van der Waals surface area contributed by atoms with Gasteiger partial charge in [0.05, 0.1) is 20.1 Å². The van der Waals surface area contributed by atoms with Crippen molar-refractivity contribution in [3.63, 3.8) is 0 Å². The number of methoxy groups -OCH3 is 1. The summed E-state index contributed by atoms with van der Waals surface area (Å²) in [6.45, 7) is 3.36. The number of ether oxygens (including phenoxy) is 1. The Labute approximate surface area is 108 Å². The molecule has 1 unspecified atom stereocenters. The molecule has 7 nitrogen and oxygen atoms in total. The third kappa shape index (κ3) is 5.76. The molecule has 0 aliphatic carbocycles. The standard InChI is InChI=1S/C10H22N2O5S/c1-8(2)9(7-13)11-18(15,16)12(3)6-5-10(14)17-4/h8-9,11,13H,5-7H2,1-4H3. The Balaban J connectivity index is 4.48. The lowest BCUT2D eigenvalue weighted by Gasteiger charge is -2.24. The quantitative estimate of drug-likeness (QED) is 0.576. The number of esters is 1. The van der Waals surface area contributed by atoms with Crippen LogP contribution in [0.1, 0.15) is 20.3 Å². The van der Waals surface area contributed by atoms with Crippen LogP contribution in [0.25, 0.3) is 0 Å². The van der Waals surface area contributed by atoms with Gasteiger partial charge in [0.2, 0.25) is 0 Å². The van der Waals surface area contributed by atoms with Gasteiger partial charge in [0.15, 0.2) is 0 Å². The van der Waals surface area contributed by atoms with Crippen LogP contribution in [-0.4, -0.2) is 57.1 Å². The van der Waals surface area contributed by atoms with E-state index in [-0.39, 0.29) is 25.5 Å². The molecule has 0 radical (unpaired) electrons. The summed E-state index contributed by atoms with van der Waals surface area (Å²) in [6, 6.07) is -0.546. The predicted molar refractivity (Wildman–Crippen MR) is 67.0 cm³/mol. The summed E-state index contributed by atoms with van der Waals surface area (Å²) in [5.74, 6) is -0.501. The summed E-state index contributed by atoms with van der Waals surface area (Å²) in [7, 11) is -1.10. The number of nitrogens with one attached hydrogen (secondary N) is 1. The van der Waals surface area contributed by atoms with E-state index in [0.717, 1.165) is 4.31 Å². The normalized spacial score (nSPS) is 13.9. The minimum atomic E-state index is -3.70. The average molecular weight is 282 g/mol. The first-order valence-electron chi connectivity index (χ1n) is 5.65. The maximum absolute atomic E-state index is 11.9. The number of aliphatic hydroxyl groups excluding tert-OH is 1. The zero-order chi connectivity index (χ0) is 14.3. The Kier molecular flexibility index (Phi) is 7.37. The molecule has 0 spiro atoms. The molecule has 8 heteroatoms. The Bertz CT molecular complexity index is 355. The molecule has 18 heavy (non-hydrogen) atoms. The highest BCUT2D eigenvalue weighted by atomic mass is 32.2. The van der Waals surface area contributed by atoms with Crippen LogP contribution in [-0.2, 0) is 19.7 Å². The first-order chi connectivity index (χ1) is 8.24. The average Bonchev–Trinajstić information content (AvgIpc) is 2.31. The van der Waals surface area contributed by atoms with Gasteiger partial charge in [-0.3, -0.25) is 4.79 Å². The third-order valence-corrected chi connectivity index (χ3v) is 4.17. The fraction of sp³-hybridized carbons (Fsp3) is 0.900. The lowest BCUT2D eigenvalue weighted by molar-refractivity contribution is -0.140. The van der Waals surface area contributed by atoms with Crippen molar-refractivity contribution in [3.8, 4) is 0 Å². The van der Waals surface area contributed by atoms with Gasteiger partial charge in [-0.25, -0.2) is 0 Å². The monoisotopic (exact) mass is 282 g/mol. The van der Waals surface area contributed by atoms with Crippen molar-refractivity contribution >= 4 is 16.2 Å². The molecule has 0 saturated heterocycles. The highest BCUT2D eigenvalue weighted by Gasteiger charge is 2.24. The van der Waals surface area contributed by atoms with E-state index in [0.29, 0.717) is 0 Å². The van der Waals surface area contributed by atoms with Gasteiger partial charge >= 0.3 is 5.97 Å². The molecule has 1 atom stereocenters. The number of carbonyl (C=O) groups excluding carboxylic acids is 1. The molecule has 0 saturated carbocycles. The zero-order valence-electron chi connectivity index (χ0n) is 11.2. The van der Waals surface area contributed by atoms with Crippen molar-refractivity contribution in [1.82, 2.24) is 9.03 Å². The maximum Gasteiger partial charge on any atom is 0.306 e. The Morgan fingerprint density at radius 1 is 1.44 bits per heavy atom. The molecule has 0 fully saturated rings. The van der Waals surface area contributed by atoms with Crippen molar-refractivity contribution in [2.45, 2.75) is 26.3 Å². The van der Waals surface area contributed by atoms with E-state index in [4.69, 9.17) is 5.11 Å². The topological polar surface area (TPSA) is 95.9 Å². The first-order valence-corrected chi connectivity index (χ1v) is 7.09. The van der Waals surface area contributed by atoms with E-state index in [2.05, 4.69) is 9.46 Å². The molecule has 0 aliphatic rings. The molecule has 0 amide bonds. The van der Waals surface area contributed by atoms with E-state index >= 15 is 0 Å². The van der Waals surface area contributed by atoms with Gasteiger partial charge in [-0.05, 0) is 5.92 Å². The van der Waals surface area contributed by atoms with Crippen LogP contribution < -0.4 is 4.72 Å². The molecule has 2 N–H and O–H groups in total. The van der Waals surface area contributed by atoms with Crippen LogP contribution in [0.4, 0.5) is 0 Å². The number of rotatable bonds is 8. The SMILES string of the molecule is COC(=O)CCN(C)S(=O)(=O)NC(CO)C(C)C. The fourth-order valence-electron chi connectivity index (χ4n) is 1.14. The van der Waals surface area contributed by atoms with E-state index < -0.39 is 22.2 Å². The van der Waals surface area contributed by atoms with Crippen LogP contribution in [0, 0.1) is 5.92 Å². The van der Waals surface area contributed by atoms with Crippen molar-refractivity contribution in [1.29, 1.82) is 0 Å². The van der Waals surface area contributed by atoms with Gasteiger partial charge in [0.25, 0.3) is 10.2 Å². The van der Waals surface area contributed by atoms with Crippen LogP contribution >= 0.6 is 0 Å². The summed E-state index contributed by atoms with van der Waals surface area (Å²) in [5.41, 5.74) is 0. The summed E-state index contributed by atoms with van der Waals surface area (Å²) in [5, 5.41) is 9.08. The Hall–Kier alpha value is -0.700. The second-order valence-electron chi connectivity index (χ2n) is 4.30. The molecular weight excluding hydrogens is 260 g/mol. The van der Waals surface area contributed by atoms with Crippen LogP contribution in [0.2, 0.25) is 0 Å². The predicted octanol–water partition coefficient (Wildman–Crippen LogP) is -0.667. The highest BCUT2D eigenvalue weighted by Crippen LogP contribution is 2.05. The van der Waals surface area contributed by atoms with Gasteiger partial charge in [0.1, 0.15) is 0 Å². The molecule has 0 aromatic carbocycles. The third-order valence-electron chi connectivity index (χ3n) is 2.57. The fourth-order valence-corrected chi connectivity index (χ4v) is 2.38. The van der Waals surface area contributed by atoms with Gasteiger partial charge in [-0.15, -0.1) is 0 Å². The van der Waals surface area contributed by atoms with Crippen molar-refractivity contribution < 1.29 is 23.1 Å². The highest BCUT2D eigenvalue weighted by molar-refractivity contribution is 7.87. The van der Waals surface area contributed by atoms with E-state index in [1.807, 2.05) is 0 Å². The van der Waals surface area contributed by atoms with Gasteiger partial charge in [-0.2, -0.15) is 17.4 Å². The van der Waals surface area contributed by atoms with Crippen molar-refractivity contribution in [2.75, 3.05) is 27.3 Å². The van der Waals surface area contributed by atoms with Crippen LogP contribution in [0.5, 0.6) is 0 Å². The summed E-state index contributed by atoms with van der Waals surface area (Å²) in [6.07, 6.45) is -0.0145. The lowest BCUT2D eigenvalue weighted by Crippen LogP contribution is -2.47. The zero-order valence-corrected chi connectivity index (χ0v) is 12.0. The van der Waals surface area contributed by atoms with Crippen LogP contribution in [0.3, 0.4) is 0 Å². The van der Waals surface area contributed by atoms with Gasteiger partial charge in [0, 0.05) is 19.6 Å². The van der Waals surface area contributed by atoms with E-state index in [9.17, 15) is 13.2 Å². The number of nitrogens with zero attached hydrogens (tertiary/aromatic N) is 1. The largest absolute Gasteiger partial charge is 0.469 e. The second kappa shape index (κ2) is 7.67. The van der Waals surface area contributed by atoms with E-state index in [1.54, 1.807) is 13.8 Å². The molecule has 0 heterocycles. The first kappa shape index (κ1) is 17.3. The number of hydrogen-bond donors (Lipinski definition) is 2. The van der Waals surface area contributed by atoms with Crippen molar-refractivity contribution in [3.05, 3.63) is 0 Å². The summed E-state index contributed by atoms with van der Waals surface area (Å²) >= 11 is 0. The molecule has 0 rings (SSSR count). The van der Waals surface area contributed by atoms with Crippen molar-refractivity contribution in [2.24, 2.45) is 5.92 Å². The van der Waals surface area contributed by atoms with Gasteiger partial charge < -0.3 is 9.84 Å². The lowest BCUT2D eigenvalue weighted by atomic mass is 10.1.